The maximum absolute atomic E-state index is 12.9. The summed E-state index contributed by atoms with van der Waals surface area (Å²) in [5, 5.41) is 0. The molecule has 0 aromatic heterocycles. The minimum Gasteiger partial charge on any atom is -0.462 e. The van der Waals surface area contributed by atoms with Crippen LogP contribution in [0.4, 0.5) is 0 Å². The van der Waals surface area contributed by atoms with E-state index in [9.17, 15) is 14.4 Å². The Labute approximate surface area is 442 Å². The quantitative estimate of drug-likeness (QED) is 0.0261. The van der Waals surface area contributed by atoms with E-state index in [1.165, 1.54) is 225 Å². The van der Waals surface area contributed by atoms with Gasteiger partial charge in [-0.25, -0.2) is 0 Å². The Bertz CT molecular complexity index is 1190. The van der Waals surface area contributed by atoms with Gasteiger partial charge in [-0.2, -0.15) is 0 Å². The van der Waals surface area contributed by atoms with Crippen LogP contribution >= 0.6 is 0 Å². The summed E-state index contributed by atoms with van der Waals surface area (Å²) in [5.41, 5.74) is 0. The third-order valence-corrected chi connectivity index (χ3v) is 14.1. The molecule has 0 aromatic rings. The molecule has 1 unspecified atom stereocenters. The van der Waals surface area contributed by atoms with Crippen LogP contribution in [-0.4, -0.2) is 37.2 Å². The van der Waals surface area contributed by atoms with Crippen LogP contribution < -0.4 is 0 Å². The molecule has 6 nitrogen and oxygen atoms in total. The van der Waals surface area contributed by atoms with Crippen molar-refractivity contribution < 1.29 is 28.6 Å². The summed E-state index contributed by atoms with van der Waals surface area (Å²) >= 11 is 0. The van der Waals surface area contributed by atoms with Gasteiger partial charge in [0.25, 0.3) is 0 Å². The van der Waals surface area contributed by atoms with Gasteiger partial charge in [-0.05, 0) is 70.6 Å². The highest BCUT2D eigenvalue weighted by Crippen LogP contribution is 2.17. The first-order valence-electron chi connectivity index (χ1n) is 31.5. The number of carbonyl (C=O) groups excluding carboxylic acids is 3. The molecule has 6 heteroatoms. The Kier molecular flexibility index (Phi) is 58.2. The molecule has 0 fully saturated rings. The van der Waals surface area contributed by atoms with Crippen LogP contribution in [0.3, 0.4) is 0 Å². The van der Waals surface area contributed by atoms with Gasteiger partial charge < -0.3 is 14.2 Å². The number of esters is 3. The van der Waals surface area contributed by atoms with Gasteiger partial charge in [-0.1, -0.05) is 288 Å². The first-order chi connectivity index (χ1) is 35.0. The second-order valence-corrected chi connectivity index (χ2v) is 21.3. The number of allylic oxidation sites excluding steroid dienone is 6. The fourth-order valence-corrected chi connectivity index (χ4v) is 9.36. The Morgan fingerprint density at radius 3 is 0.845 bits per heavy atom. The number of carbonyl (C=O) groups is 3. The topological polar surface area (TPSA) is 78.9 Å². The molecular weight excluding hydrogens is 877 g/mol. The molecule has 0 heterocycles. The van der Waals surface area contributed by atoms with E-state index in [0.717, 1.165) is 77.0 Å². The first-order valence-corrected chi connectivity index (χ1v) is 31.5. The molecule has 0 N–H and O–H groups in total. The molecule has 0 rings (SSSR count). The maximum atomic E-state index is 12.9. The van der Waals surface area contributed by atoms with E-state index in [1.54, 1.807) is 0 Å². The molecule has 0 bridgehead atoms. The van der Waals surface area contributed by atoms with Crippen molar-refractivity contribution in [1.82, 2.24) is 0 Å². The van der Waals surface area contributed by atoms with Gasteiger partial charge in [-0.15, -0.1) is 0 Å². The fraction of sp³-hybridized carbons (Fsp3) is 0.862. The molecule has 0 saturated heterocycles. The molecule has 0 spiro atoms. The van der Waals surface area contributed by atoms with Gasteiger partial charge in [0.05, 0.1) is 0 Å². The second-order valence-electron chi connectivity index (χ2n) is 21.3. The molecule has 0 aromatic carbocycles. The fourth-order valence-electron chi connectivity index (χ4n) is 9.36. The van der Waals surface area contributed by atoms with Crippen molar-refractivity contribution >= 4 is 17.9 Å². The lowest BCUT2D eigenvalue weighted by Gasteiger charge is -2.18. The van der Waals surface area contributed by atoms with Crippen molar-refractivity contribution in [3.63, 3.8) is 0 Å². The van der Waals surface area contributed by atoms with Crippen molar-refractivity contribution in [2.75, 3.05) is 13.2 Å². The molecule has 416 valence electrons. The third-order valence-electron chi connectivity index (χ3n) is 14.1. The summed E-state index contributed by atoms with van der Waals surface area (Å²) in [6, 6.07) is 0. The maximum Gasteiger partial charge on any atom is 0.306 e. The molecule has 0 aliphatic carbocycles. The average molecular weight is 998 g/mol. The number of hydrogen-bond acceptors (Lipinski definition) is 6. The number of hydrogen-bond donors (Lipinski definition) is 0. The summed E-state index contributed by atoms with van der Waals surface area (Å²) in [6.45, 7) is 6.61. The summed E-state index contributed by atoms with van der Waals surface area (Å²) in [7, 11) is 0. The van der Waals surface area contributed by atoms with Gasteiger partial charge >= 0.3 is 17.9 Å². The third kappa shape index (κ3) is 58.4. The predicted molar refractivity (Wildman–Crippen MR) is 307 cm³/mol. The summed E-state index contributed by atoms with van der Waals surface area (Å²) in [4.78, 5) is 38.2. The standard InChI is InChI=1S/C65H120O6/c1-4-7-10-13-16-19-22-24-26-28-30-32-34-35-37-39-41-43-46-49-52-55-58-64(67)70-61-62(60-69-63(66)57-54-51-48-45-21-18-15-12-9-6-3)71-65(68)59-56-53-50-47-44-42-40-38-36-33-31-29-27-25-23-20-17-14-11-8-5-2/h12,15,23,25,29,31,62H,4-11,13-14,16-22,24,26-28,30,32-61H2,1-3H3/b15-12-,25-23-,31-29-. The summed E-state index contributed by atoms with van der Waals surface area (Å²) < 4.78 is 16.9. The zero-order valence-corrected chi connectivity index (χ0v) is 47.8. The van der Waals surface area contributed by atoms with Crippen LogP contribution in [0, 0.1) is 0 Å². The molecular formula is C65H120O6. The van der Waals surface area contributed by atoms with Gasteiger partial charge in [0.15, 0.2) is 6.10 Å². The lowest BCUT2D eigenvalue weighted by molar-refractivity contribution is -0.167. The van der Waals surface area contributed by atoms with Crippen molar-refractivity contribution in [2.24, 2.45) is 0 Å². The van der Waals surface area contributed by atoms with Crippen LogP contribution in [-0.2, 0) is 28.6 Å². The number of unbranched alkanes of at least 4 members (excludes halogenated alkanes) is 41. The van der Waals surface area contributed by atoms with E-state index in [-0.39, 0.29) is 31.1 Å². The van der Waals surface area contributed by atoms with Crippen molar-refractivity contribution in [2.45, 2.75) is 348 Å². The lowest BCUT2D eigenvalue weighted by Crippen LogP contribution is -2.30. The van der Waals surface area contributed by atoms with Crippen LogP contribution in [0.1, 0.15) is 342 Å². The van der Waals surface area contributed by atoms with Gasteiger partial charge in [0, 0.05) is 19.3 Å². The van der Waals surface area contributed by atoms with Crippen LogP contribution in [0.2, 0.25) is 0 Å². The molecule has 0 aliphatic rings. The Balaban J connectivity index is 4.22. The smallest absolute Gasteiger partial charge is 0.306 e. The van der Waals surface area contributed by atoms with Gasteiger partial charge in [0.2, 0.25) is 0 Å². The molecule has 0 saturated carbocycles. The summed E-state index contributed by atoms with van der Waals surface area (Å²) in [5.74, 6) is -0.868. The van der Waals surface area contributed by atoms with E-state index >= 15 is 0 Å². The van der Waals surface area contributed by atoms with E-state index in [1.807, 2.05) is 0 Å². The zero-order chi connectivity index (χ0) is 51.4. The number of ether oxygens (including phenoxy) is 3. The highest BCUT2D eigenvalue weighted by Gasteiger charge is 2.19. The first kappa shape index (κ1) is 68.6. The normalized spacial score (nSPS) is 12.2. The molecule has 0 aliphatic heterocycles. The van der Waals surface area contributed by atoms with E-state index < -0.39 is 6.10 Å². The molecule has 0 amide bonds. The Morgan fingerprint density at radius 1 is 0.282 bits per heavy atom. The number of rotatable bonds is 58. The second kappa shape index (κ2) is 60.2. The van der Waals surface area contributed by atoms with Gasteiger partial charge in [0.1, 0.15) is 13.2 Å². The zero-order valence-electron chi connectivity index (χ0n) is 47.8. The highest BCUT2D eigenvalue weighted by atomic mass is 16.6. The minimum atomic E-state index is -0.775. The Hall–Kier alpha value is -2.37. The monoisotopic (exact) mass is 997 g/mol. The summed E-state index contributed by atoms with van der Waals surface area (Å²) in [6.07, 6.45) is 73.0. The van der Waals surface area contributed by atoms with Crippen molar-refractivity contribution in [3.05, 3.63) is 36.5 Å². The molecule has 71 heavy (non-hydrogen) atoms. The minimum absolute atomic E-state index is 0.0726. The van der Waals surface area contributed by atoms with E-state index in [0.29, 0.717) is 19.3 Å². The molecule has 0 radical (unpaired) electrons. The molecule has 1 atom stereocenters. The van der Waals surface area contributed by atoms with Crippen LogP contribution in [0.25, 0.3) is 0 Å². The average Bonchev–Trinajstić information content (AvgIpc) is 3.37. The largest absolute Gasteiger partial charge is 0.462 e. The van der Waals surface area contributed by atoms with E-state index in [2.05, 4.69) is 57.2 Å². The highest BCUT2D eigenvalue weighted by molar-refractivity contribution is 5.71. The lowest BCUT2D eigenvalue weighted by atomic mass is 10.0. The van der Waals surface area contributed by atoms with Crippen LogP contribution in [0.15, 0.2) is 36.5 Å². The van der Waals surface area contributed by atoms with Gasteiger partial charge in [-0.3, -0.25) is 14.4 Å². The predicted octanol–water partition coefficient (Wildman–Crippen LogP) is 21.2. The van der Waals surface area contributed by atoms with E-state index in [4.69, 9.17) is 14.2 Å². The Morgan fingerprint density at radius 2 is 0.535 bits per heavy atom. The SMILES string of the molecule is CCC/C=C\CCCCCCCC(=O)OCC(COC(=O)CCCCCCCCCCCCCCCCCCCCCCCC)OC(=O)CCCCCCCCCCC/C=C\C/C=C\CCCCCCC. The van der Waals surface area contributed by atoms with Crippen molar-refractivity contribution in [3.8, 4) is 0 Å². The van der Waals surface area contributed by atoms with Crippen molar-refractivity contribution in [1.29, 1.82) is 0 Å². The van der Waals surface area contributed by atoms with Crippen LogP contribution in [0.5, 0.6) is 0 Å².